The van der Waals surface area contributed by atoms with Gasteiger partial charge in [0.25, 0.3) is 0 Å². The Balaban J connectivity index is 1.73. The van der Waals surface area contributed by atoms with Crippen LogP contribution in [-0.2, 0) is 13.6 Å². The SMILES string of the molecule is CN1CCN(C2=Nc3c(ncn3C)CN2c2ccc(Cl)cc2)CC1. The van der Waals surface area contributed by atoms with Gasteiger partial charge in [0.05, 0.1) is 12.9 Å². The van der Waals surface area contributed by atoms with Crippen molar-refractivity contribution in [2.75, 3.05) is 38.1 Å². The molecule has 3 heterocycles. The topological polar surface area (TPSA) is 39.9 Å². The van der Waals surface area contributed by atoms with Crippen LogP contribution in [0.2, 0.25) is 5.02 Å². The summed E-state index contributed by atoms with van der Waals surface area (Å²) in [6.07, 6.45) is 1.83. The fourth-order valence-electron chi connectivity index (χ4n) is 3.18. The average molecular weight is 345 g/mol. The Kier molecular flexibility index (Phi) is 3.94. The van der Waals surface area contributed by atoms with Gasteiger partial charge in [-0.2, -0.15) is 4.99 Å². The smallest absolute Gasteiger partial charge is 0.208 e. The van der Waals surface area contributed by atoms with Gasteiger partial charge in [-0.05, 0) is 31.3 Å². The summed E-state index contributed by atoms with van der Waals surface area (Å²) in [7, 11) is 4.16. The maximum absolute atomic E-state index is 6.06. The molecule has 6 nitrogen and oxygen atoms in total. The third-order valence-corrected chi connectivity index (χ3v) is 4.91. The first-order chi connectivity index (χ1) is 11.6. The van der Waals surface area contributed by atoms with Crippen LogP contribution in [0.3, 0.4) is 0 Å². The molecule has 0 saturated carbocycles. The number of likely N-dealkylation sites (N-methyl/N-ethyl adjacent to an activating group) is 1. The van der Waals surface area contributed by atoms with Gasteiger partial charge in [-0.1, -0.05) is 11.6 Å². The minimum absolute atomic E-state index is 0.725. The lowest BCUT2D eigenvalue weighted by atomic mass is 10.2. The summed E-state index contributed by atoms with van der Waals surface area (Å²) >= 11 is 6.06. The van der Waals surface area contributed by atoms with E-state index >= 15 is 0 Å². The summed E-state index contributed by atoms with van der Waals surface area (Å²) in [5.41, 5.74) is 2.10. The standard InChI is InChI=1S/C17H21ClN6/c1-21-7-9-23(10-8-21)17-20-16-15(19-12-22(16)2)11-24(17)14-5-3-13(18)4-6-14/h3-6,12H,7-11H2,1-2H3. The van der Waals surface area contributed by atoms with Crippen LogP contribution >= 0.6 is 11.6 Å². The molecular formula is C17H21ClN6. The molecule has 24 heavy (non-hydrogen) atoms. The second kappa shape index (κ2) is 6.11. The van der Waals surface area contributed by atoms with E-state index in [1.54, 1.807) is 0 Å². The van der Waals surface area contributed by atoms with Gasteiger partial charge in [0, 0.05) is 43.9 Å². The summed E-state index contributed by atoms with van der Waals surface area (Å²) in [5.74, 6) is 1.95. The Bertz CT molecular complexity index is 758. The number of aliphatic imine (C=N–C) groups is 1. The first-order valence-corrected chi connectivity index (χ1v) is 8.55. The molecule has 1 saturated heterocycles. The molecule has 0 radical (unpaired) electrons. The molecule has 0 amide bonds. The summed E-state index contributed by atoms with van der Waals surface area (Å²) in [6.45, 7) is 4.78. The number of anilines is 1. The Morgan fingerprint density at radius 1 is 1.00 bits per heavy atom. The van der Waals surface area contributed by atoms with Crippen molar-refractivity contribution in [1.29, 1.82) is 0 Å². The van der Waals surface area contributed by atoms with Crippen LogP contribution in [0.5, 0.6) is 0 Å². The van der Waals surface area contributed by atoms with E-state index in [1.807, 2.05) is 42.2 Å². The number of fused-ring (bicyclic) bond motifs is 1. The predicted octanol–water partition coefficient (Wildman–Crippen LogP) is 2.33. The number of nitrogens with zero attached hydrogens (tertiary/aromatic N) is 6. The highest BCUT2D eigenvalue weighted by Crippen LogP contribution is 2.30. The highest BCUT2D eigenvalue weighted by molar-refractivity contribution is 6.30. The van der Waals surface area contributed by atoms with Crippen molar-refractivity contribution in [1.82, 2.24) is 19.4 Å². The number of hydrogen-bond donors (Lipinski definition) is 0. The summed E-state index contributed by atoms with van der Waals surface area (Å²) < 4.78 is 1.99. The van der Waals surface area contributed by atoms with Gasteiger partial charge in [0.1, 0.15) is 5.69 Å². The van der Waals surface area contributed by atoms with E-state index in [1.165, 1.54) is 0 Å². The van der Waals surface area contributed by atoms with E-state index in [0.717, 1.165) is 60.9 Å². The first kappa shape index (κ1) is 15.5. The van der Waals surface area contributed by atoms with Gasteiger partial charge in [-0.15, -0.1) is 0 Å². The van der Waals surface area contributed by atoms with E-state index in [9.17, 15) is 0 Å². The van der Waals surface area contributed by atoms with Crippen molar-refractivity contribution in [3.63, 3.8) is 0 Å². The van der Waals surface area contributed by atoms with Crippen LogP contribution in [0.25, 0.3) is 0 Å². The molecule has 0 bridgehead atoms. The maximum atomic E-state index is 6.06. The lowest BCUT2D eigenvalue weighted by Crippen LogP contribution is -2.53. The number of aryl methyl sites for hydroxylation is 1. The molecule has 2 aliphatic heterocycles. The Morgan fingerprint density at radius 3 is 2.42 bits per heavy atom. The van der Waals surface area contributed by atoms with E-state index in [4.69, 9.17) is 16.6 Å². The molecule has 0 N–H and O–H groups in total. The maximum Gasteiger partial charge on any atom is 0.208 e. The van der Waals surface area contributed by atoms with Crippen molar-refractivity contribution in [2.24, 2.45) is 12.0 Å². The van der Waals surface area contributed by atoms with Crippen LogP contribution in [0.15, 0.2) is 35.6 Å². The quantitative estimate of drug-likeness (QED) is 0.796. The number of imidazole rings is 1. The number of piperazine rings is 1. The number of benzene rings is 1. The average Bonchev–Trinajstić information content (AvgIpc) is 2.96. The van der Waals surface area contributed by atoms with E-state index < -0.39 is 0 Å². The van der Waals surface area contributed by atoms with Crippen LogP contribution in [-0.4, -0.2) is 58.5 Å². The van der Waals surface area contributed by atoms with E-state index in [0.29, 0.717) is 0 Å². The minimum atomic E-state index is 0.725. The predicted molar refractivity (Wildman–Crippen MR) is 97.0 cm³/mol. The molecule has 0 spiro atoms. The molecular weight excluding hydrogens is 324 g/mol. The van der Waals surface area contributed by atoms with Crippen molar-refractivity contribution >= 4 is 29.1 Å². The molecule has 126 valence electrons. The van der Waals surface area contributed by atoms with Gasteiger partial charge in [0.2, 0.25) is 5.96 Å². The van der Waals surface area contributed by atoms with E-state index in [-0.39, 0.29) is 0 Å². The monoisotopic (exact) mass is 344 g/mol. The summed E-state index contributed by atoms with van der Waals surface area (Å²) in [5, 5.41) is 0.743. The Morgan fingerprint density at radius 2 is 1.71 bits per heavy atom. The molecule has 1 fully saturated rings. The second-order valence-corrected chi connectivity index (χ2v) is 6.83. The fraction of sp³-hybridized carbons (Fsp3) is 0.412. The lowest BCUT2D eigenvalue weighted by Gasteiger charge is -2.40. The molecule has 1 aromatic heterocycles. The van der Waals surface area contributed by atoms with Gasteiger partial charge in [-0.3, -0.25) is 0 Å². The van der Waals surface area contributed by atoms with Gasteiger partial charge in [0.15, 0.2) is 5.82 Å². The number of hydrogen-bond acceptors (Lipinski definition) is 5. The molecule has 4 rings (SSSR count). The van der Waals surface area contributed by atoms with Crippen molar-refractivity contribution < 1.29 is 0 Å². The fourth-order valence-corrected chi connectivity index (χ4v) is 3.30. The number of guanidine groups is 1. The van der Waals surface area contributed by atoms with Crippen LogP contribution < -0.4 is 4.90 Å². The zero-order valence-electron chi connectivity index (χ0n) is 14.0. The Hall–Kier alpha value is -2.05. The third kappa shape index (κ3) is 2.76. The van der Waals surface area contributed by atoms with Crippen molar-refractivity contribution in [3.8, 4) is 0 Å². The van der Waals surface area contributed by atoms with Crippen LogP contribution in [0.4, 0.5) is 11.5 Å². The Labute approximate surface area is 147 Å². The summed E-state index contributed by atoms with van der Waals surface area (Å²) in [4.78, 5) is 16.4. The number of rotatable bonds is 1. The number of halogens is 1. The van der Waals surface area contributed by atoms with Gasteiger partial charge in [-0.25, -0.2) is 4.98 Å². The molecule has 2 aliphatic rings. The first-order valence-electron chi connectivity index (χ1n) is 8.17. The molecule has 0 atom stereocenters. The van der Waals surface area contributed by atoms with Crippen LogP contribution in [0.1, 0.15) is 5.69 Å². The zero-order chi connectivity index (χ0) is 16.7. The minimum Gasteiger partial charge on any atom is -0.340 e. The normalized spacial score (nSPS) is 18.5. The molecule has 1 aromatic carbocycles. The highest BCUT2D eigenvalue weighted by atomic mass is 35.5. The largest absolute Gasteiger partial charge is 0.340 e. The molecule has 2 aromatic rings. The van der Waals surface area contributed by atoms with Crippen molar-refractivity contribution in [2.45, 2.75) is 6.54 Å². The molecule has 7 heteroatoms. The lowest BCUT2D eigenvalue weighted by molar-refractivity contribution is 0.213. The van der Waals surface area contributed by atoms with Crippen molar-refractivity contribution in [3.05, 3.63) is 41.3 Å². The number of aromatic nitrogens is 2. The van der Waals surface area contributed by atoms with E-state index in [2.05, 4.69) is 26.7 Å². The zero-order valence-corrected chi connectivity index (χ0v) is 14.7. The van der Waals surface area contributed by atoms with Gasteiger partial charge < -0.3 is 19.3 Å². The second-order valence-electron chi connectivity index (χ2n) is 6.39. The summed E-state index contributed by atoms with van der Waals surface area (Å²) in [6, 6.07) is 7.93. The van der Waals surface area contributed by atoms with Gasteiger partial charge >= 0.3 is 0 Å². The third-order valence-electron chi connectivity index (χ3n) is 4.66. The highest BCUT2D eigenvalue weighted by Gasteiger charge is 2.29. The van der Waals surface area contributed by atoms with Crippen LogP contribution in [0, 0.1) is 0 Å². The molecule has 0 unspecified atom stereocenters. The molecule has 0 aliphatic carbocycles.